The minimum Gasteiger partial charge on any atom is -0.507 e. The molecule has 0 saturated heterocycles. The summed E-state index contributed by atoms with van der Waals surface area (Å²) >= 11 is 0. The van der Waals surface area contributed by atoms with E-state index in [9.17, 15) is 14.7 Å². The van der Waals surface area contributed by atoms with Crippen molar-refractivity contribution in [2.45, 2.75) is 20.8 Å². The van der Waals surface area contributed by atoms with E-state index in [-0.39, 0.29) is 28.3 Å². The van der Waals surface area contributed by atoms with Gasteiger partial charge < -0.3 is 9.52 Å². The van der Waals surface area contributed by atoms with Crippen molar-refractivity contribution in [1.29, 1.82) is 0 Å². The lowest BCUT2D eigenvalue weighted by Crippen LogP contribution is -2.14. The molecule has 116 valence electrons. The molecule has 0 radical (unpaired) electrons. The van der Waals surface area contributed by atoms with Crippen LogP contribution < -0.4 is 5.43 Å². The van der Waals surface area contributed by atoms with Crippen molar-refractivity contribution in [2.24, 2.45) is 0 Å². The summed E-state index contributed by atoms with van der Waals surface area (Å²) in [4.78, 5) is 25.2. The van der Waals surface area contributed by atoms with Crippen LogP contribution in [0.2, 0.25) is 0 Å². The summed E-state index contributed by atoms with van der Waals surface area (Å²) in [7, 11) is 0. The smallest absolute Gasteiger partial charge is 0.228 e. The maximum atomic E-state index is 12.8. The molecule has 0 atom stereocenters. The summed E-state index contributed by atoms with van der Waals surface area (Å²) in [5.74, 6) is -0.159. The van der Waals surface area contributed by atoms with Crippen molar-refractivity contribution in [3.8, 4) is 5.75 Å². The summed E-state index contributed by atoms with van der Waals surface area (Å²) in [6.45, 7) is 5.04. The molecule has 3 aromatic rings. The van der Waals surface area contributed by atoms with Gasteiger partial charge in [0.15, 0.2) is 11.2 Å². The average Bonchev–Trinajstić information content (AvgIpc) is 2.55. The molecule has 4 nitrogen and oxygen atoms in total. The summed E-state index contributed by atoms with van der Waals surface area (Å²) in [6.07, 6.45) is 0. The van der Waals surface area contributed by atoms with Gasteiger partial charge in [-0.3, -0.25) is 9.59 Å². The zero-order valence-corrected chi connectivity index (χ0v) is 13.1. The number of aromatic hydroxyl groups is 1. The van der Waals surface area contributed by atoms with Crippen LogP contribution in [-0.4, -0.2) is 10.9 Å². The number of aryl methyl sites for hydroxylation is 2. The van der Waals surface area contributed by atoms with Gasteiger partial charge in [-0.2, -0.15) is 0 Å². The highest BCUT2D eigenvalue weighted by molar-refractivity contribution is 6.09. The average molecular weight is 308 g/mol. The molecule has 0 spiro atoms. The van der Waals surface area contributed by atoms with E-state index in [4.69, 9.17) is 4.42 Å². The van der Waals surface area contributed by atoms with Gasteiger partial charge in [0.2, 0.25) is 5.78 Å². The number of rotatable bonds is 2. The SMILES string of the molecule is Cc1cc(C(=O)c2oc3ccccc3c(=O)c2C)cc(C)c1O. The monoisotopic (exact) mass is 308 g/mol. The fourth-order valence-corrected chi connectivity index (χ4v) is 2.67. The standard InChI is InChI=1S/C19H16O4/c1-10-8-13(9-11(2)16(10)20)18(22)19-12(3)17(21)14-6-4-5-7-15(14)23-19/h4-9,20H,1-3H3. The number of carbonyl (C=O) groups excluding carboxylic acids is 1. The molecular formula is C19H16O4. The Balaban J connectivity index is 2.23. The molecule has 3 rings (SSSR count). The van der Waals surface area contributed by atoms with Crippen LogP contribution in [0, 0.1) is 20.8 Å². The van der Waals surface area contributed by atoms with Gasteiger partial charge in [0.1, 0.15) is 11.3 Å². The molecule has 4 heteroatoms. The number of benzene rings is 2. The normalized spacial score (nSPS) is 10.9. The highest BCUT2D eigenvalue weighted by Gasteiger charge is 2.20. The molecule has 0 aliphatic carbocycles. The first-order chi connectivity index (χ1) is 10.9. The maximum Gasteiger partial charge on any atom is 0.228 e. The Bertz CT molecular complexity index is 973. The zero-order valence-electron chi connectivity index (χ0n) is 13.1. The van der Waals surface area contributed by atoms with Crippen LogP contribution in [0.15, 0.2) is 45.6 Å². The van der Waals surface area contributed by atoms with E-state index in [1.807, 2.05) is 0 Å². The Morgan fingerprint density at radius 3 is 2.30 bits per heavy atom. The Morgan fingerprint density at radius 1 is 1.04 bits per heavy atom. The van der Waals surface area contributed by atoms with E-state index < -0.39 is 0 Å². The van der Waals surface area contributed by atoms with Crippen molar-refractivity contribution in [2.75, 3.05) is 0 Å². The van der Waals surface area contributed by atoms with Crippen molar-refractivity contribution < 1.29 is 14.3 Å². The lowest BCUT2D eigenvalue weighted by molar-refractivity contribution is 0.101. The quantitative estimate of drug-likeness (QED) is 0.734. The summed E-state index contributed by atoms with van der Waals surface area (Å²) in [5, 5.41) is 10.3. The molecule has 0 aliphatic heterocycles. The molecule has 0 bridgehead atoms. The van der Waals surface area contributed by atoms with Crippen molar-refractivity contribution >= 4 is 16.8 Å². The Morgan fingerprint density at radius 2 is 1.65 bits per heavy atom. The molecule has 23 heavy (non-hydrogen) atoms. The van der Waals surface area contributed by atoms with Crippen LogP contribution in [-0.2, 0) is 0 Å². The second-order valence-electron chi connectivity index (χ2n) is 5.67. The van der Waals surface area contributed by atoms with Crippen LogP contribution in [0.5, 0.6) is 5.75 Å². The third-order valence-electron chi connectivity index (χ3n) is 3.98. The van der Waals surface area contributed by atoms with Crippen molar-refractivity contribution in [3.63, 3.8) is 0 Å². The first-order valence-electron chi connectivity index (χ1n) is 7.27. The molecule has 0 amide bonds. The topological polar surface area (TPSA) is 67.5 Å². The number of ketones is 1. The molecule has 0 aliphatic rings. The highest BCUT2D eigenvalue weighted by atomic mass is 16.3. The van der Waals surface area contributed by atoms with Gasteiger partial charge in [-0.15, -0.1) is 0 Å². The van der Waals surface area contributed by atoms with E-state index in [0.29, 0.717) is 27.7 Å². The first kappa shape index (κ1) is 15.0. The number of hydrogen-bond donors (Lipinski definition) is 1. The zero-order chi connectivity index (χ0) is 16.7. The molecule has 0 unspecified atom stereocenters. The van der Waals surface area contributed by atoms with Crippen molar-refractivity contribution in [1.82, 2.24) is 0 Å². The van der Waals surface area contributed by atoms with Crippen LogP contribution in [0.3, 0.4) is 0 Å². The molecule has 1 aromatic heterocycles. The minimum atomic E-state index is -0.364. The van der Waals surface area contributed by atoms with Gasteiger partial charge in [0.05, 0.1) is 5.39 Å². The molecule has 2 aromatic carbocycles. The van der Waals surface area contributed by atoms with Crippen LogP contribution >= 0.6 is 0 Å². The predicted octanol–water partition coefficient (Wildman–Crippen LogP) is 3.65. The molecular weight excluding hydrogens is 292 g/mol. The number of phenols is 1. The second-order valence-corrected chi connectivity index (χ2v) is 5.67. The van der Waals surface area contributed by atoms with Gasteiger partial charge in [-0.1, -0.05) is 12.1 Å². The number of fused-ring (bicyclic) bond motifs is 1. The predicted molar refractivity (Wildman–Crippen MR) is 88.2 cm³/mol. The number of para-hydroxylation sites is 1. The number of hydrogen-bond acceptors (Lipinski definition) is 4. The third kappa shape index (κ3) is 2.42. The fourth-order valence-electron chi connectivity index (χ4n) is 2.67. The second kappa shape index (κ2) is 5.39. The maximum absolute atomic E-state index is 12.8. The lowest BCUT2D eigenvalue weighted by Gasteiger charge is -2.09. The van der Waals surface area contributed by atoms with E-state index in [1.165, 1.54) is 0 Å². The Hall–Kier alpha value is -2.88. The first-order valence-corrected chi connectivity index (χ1v) is 7.27. The van der Waals surface area contributed by atoms with E-state index in [1.54, 1.807) is 57.2 Å². The lowest BCUT2D eigenvalue weighted by atomic mass is 9.99. The molecule has 1 N–H and O–H groups in total. The van der Waals surface area contributed by atoms with Gasteiger partial charge >= 0.3 is 0 Å². The van der Waals surface area contributed by atoms with Crippen LogP contribution in [0.1, 0.15) is 32.8 Å². The van der Waals surface area contributed by atoms with Gasteiger partial charge in [0.25, 0.3) is 0 Å². The fraction of sp³-hybridized carbons (Fsp3) is 0.158. The van der Waals surface area contributed by atoms with Crippen molar-refractivity contribution in [3.05, 3.63) is 74.6 Å². The highest BCUT2D eigenvalue weighted by Crippen LogP contribution is 2.25. The summed E-state index contributed by atoms with van der Waals surface area (Å²) < 4.78 is 5.69. The van der Waals surface area contributed by atoms with Gasteiger partial charge in [-0.25, -0.2) is 0 Å². The number of carbonyl (C=O) groups is 1. The summed E-state index contributed by atoms with van der Waals surface area (Å²) in [6, 6.07) is 10.0. The Labute approximate surface area is 133 Å². The van der Waals surface area contributed by atoms with Gasteiger partial charge in [-0.05, 0) is 56.2 Å². The van der Waals surface area contributed by atoms with E-state index in [2.05, 4.69) is 0 Å². The van der Waals surface area contributed by atoms with Crippen LogP contribution in [0.25, 0.3) is 11.0 Å². The minimum absolute atomic E-state index is 0.0400. The van der Waals surface area contributed by atoms with Gasteiger partial charge in [0, 0.05) is 11.1 Å². The van der Waals surface area contributed by atoms with E-state index >= 15 is 0 Å². The Kier molecular flexibility index (Phi) is 3.52. The number of phenolic OH excluding ortho intramolecular Hbond substituents is 1. The summed E-state index contributed by atoms with van der Waals surface area (Å²) in [5.41, 5.74) is 2.07. The largest absolute Gasteiger partial charge is 0.507 e. The third-order valence-corrected chi connectivity index (χ3v) is 3.98. The van der Waals surface area contributed by atoms with Crippen LogP contribution in [0.4, 0.5) is 0 Å². The molecule has 1 heterocycles. The molecule has 0 fully saturated rings. The molecule has 0 saturated carbocycles. The van der Waals surface area contributed by atoms with E-state index in [0.717, 1.165) is 0 Å².